The average Bonchev–Trinajstić information content (AvgIpc) is 2.97. The Balaban J connectivity index is 1.88. The standard InChI is InChI=1S/C19H26N2O6S/c1-13(2)18(23)21-17(22)8-9-19(21)12-20(16(19)11-28(24,25)26)10-14-4-6-15(27-3)7-5-14/h4-7,13,16H,8-12H2,1-3H3,(H,24,25,26). The molecule has 2 fully saturated rings. The molecule has 1 aromatic carbocycles. The largest absolute Gasteiger partial charge is 0.497 e. The summed E-state index contributed by atoms with van der Waals surface area (Å²) in [4.78, 5) is 28.3. The fourth-order valence-electron chi connectivity index (χ4n) is 4.25. The van der Waals surface area contributed by atoms with E-state index in [1.807, 2.05) is 29.2 Å². The molecule has 2 atom stereocenters. The van der Waals surface area contributed by atoms with E-state index in [1.54, 1.807) is 21.0 Å². The number of likely N-dealkylation sites (tertiary alicyclic amines) is 2. The molecular weight excluding hydrogens is 384 g/mol. The highest BCUT2D eigenvalue weighted by atomic mass is 32.2. The highest BCUT2D eigenvalue weighted by Crippen LogP contribution is 2.45. The molecule has 0 aliphatic carbocycles. The number of hydrogen-bond acceptors (Lipinski definition) is 6. The second-order valence-corrected chi connectivity index (χ2v) is 9.34. The van der Waals surface area contributed by atoms with Crippen LogP contribution in [0.2, 0.25) is 0 Å². The third-order valence-electron chi connectivity index (χ3n) is 5.63. The Hall–Kier alpha value is -1.97. The van der Waals surface area contributed by atoms with E-state index in [0.29, 0.717) is 25.3 Å². The minimum atomic E-state index is -4.28. The van der Waals surface area contributed by atoms with E-state index < -0.39 is 27.5 Å². The third kappa shape index (κ3) is 3.78. The number of amides is 2. The van der Waals surface area contributed by atoms with Gasteiger partial charge in [-0.1, -0.05) is 26.0 Å². The molecular formula is C19H26N2O6S. The Kier molecular flexibility index (Phi) is 5.53. The van der Waals surface area contributed by atoms with Gasteiger partial charge in [-0.2, -0.15) is 8.42 Å². The number of carbonyl (C=O) groups is 2. The lowest BCUT2D eigenvalue weighted by Crippen LogP contribution is -2.77. The molecule has 0 bridgehead atoms. The summed E-state index contributed by atoms with van der Waals surface area (Å²) >= 11 is 0. The zero-order chi connectivity index (χ0) is 20.7. The van der Waals surface area contributed by atoms with Crippen molar-refractivity contribution in [2.75, 3.05) is 19.4 Å². The van der Waals surface area contributed by atoms with Crippen molar-refractivity contribution in [3.63, 3.8) is 0 Å². The van der Waals surface area contributed by atoms with Crippen molar-refractivity contribution >= 4 is 21.9 Å². The number of nitrogens with zero attached hydrogens (tertiary/aromatic N) is 2. The minimum absolute atomic E-state index is 0.205. The fourth-order valence-corrected chi connectivity index (χ4v) is 5.17. The fraction of sp³-hybridized carbons (Fsp3) is 0.579. The van der Waals surface area contributed by atoms with Crippen LogP contribution in [0.1, 0.15) is 32.3 Å². The van der Waals surface area contributed by atoms with Crippen LogP contribution in [0, 0.1) is 5.92 Å². The van der Waals surface area contributed by atoms with E-state index in [1.165, 1.54) is 4.90 Å². The maximum Gasteiger partial charge on any atom is 0.266 e. The van der Waals surface area contributed by atoms with Crippen molar-refractivity contribution in [2.24, 2.45) is 5.92 Å². The van der Waals surface area contributed by atoms with Gasteiger partial charge in [-0.3, -0.25) is 23.9 Å². The zero-order valence-corrected chi connectivity index (χ0v) is 17.1. The lowest BCUT2D eigenvalue weighted by atomic mass is 9.77. The summed E-state index contributed by atoms with van der Waals surface area (Å²) in [5.41, 5.74) is 0.0720. The summed E-state index contributed by atoms with van der Waals surface area (Å²) in [5, 5.41) is 0. The molecule has 3 rings (SSSR count). The van der Waals surface area contributed by atoms with E-state index in [0.717, 1.165) is 5.56 Å². The van der Waals surface area contributed by atoms with Gasteiger partial charge in [0.05, 0.1) is 24.4 Å². The molecule has 1 N–H and O–H groups in total. The first-order valence-corrected chi connectivity index (χ1v) is 10.9. The van der Waals surface area contributed by atoms with Crippen molar-refractivity contribution in [2.45, 2.75) is 44.8 Å². The van der Waals surface area contributed by atoms with Gasteiger partial charge in [0, 0.05) is 25.4 Å². The number of benzene rings is 1. The predicted molar refractivity (Wildman–Crippen MR) is 102 cm³/mol. The van der Waals surface area contributed by atoms with Crippen LogP contribution in [0.5, 0.6) is 5.75 Å². The van der Waals surface area contributed by atoms with E-state index in [4.69, 9.17) is 4.74 Å². The van der Waals surface area contributed by atoms with Crippen LogP contribution in [-0.4, -0.2) is 65.6 Å². The minimum Gasteiger partial charge on any atom is -0.497 e. The van der Waals surface area contributed by atoms with E-state index >= 15 is 0 Å². The average molecular weight is 410 g/mol. The summed E-state index contributed by atoms with van der Waals surface area (Å²) < 4.78 is 38.0. The van der Waals surface area contributed by atoms with Gasteiger partial charge in [-0.05, 0) is 24.1 Å². The summed E-state index contributed by atoms with van der Waals surface area (Å²) in [7, 11) is -2.70. The molecule has 2 aliphatic heterocycles. The van der Waals surface area contributed by atoms with E-state index in [-0.39, 0.29) is 24.2 Å². The molecule has 28 heavy (non-hydrogen) atoms. The van der Waals surface area contributed by atoms with Crippen LogP contribution in [0.25, 0.3) is 0 Å². The molecule has 154 valence electrons. The lowest BCUT2D eigenvalue weighted by Gasteiger charge is -2.58. The third-order valence-corrected chi connectivity index (χ3v) is 6.37. The van der Waals surface area contributed by atoms with Gasteiger partial charge in [0.25, 0.3) is 10.1 Å². The van der Waals surface area contributed by atoms with Crippen LogP contribution < -0.4 is 4.74 Å². The Morgan fingerprint density at radius 1 is 1.32 bits per heavy atom. The van der Waals surface area contributed by atoms with Crippen LogP contribution in [0.4, 0.5) is 0 Å². The van der Waals surface area contributed by atoms with Gasteiger partial charge in [0.15, 0.2) is 0 Å². The zero-order valence-electron chi connectivity index (χ0n) is 16.3. The Morgan fingerprint density at radius 2 is 1.96 bits per heavy atom. The van der Waals surface area contributed by atoms with Crippen LogP contribution >= 0.6 is 0 Å². The highest BCUT2D eigenvalue weighted by Gasteiger charge is 2.62. The Labute approximate surface area is 165 Å². The number of ether oxygens (including phenoxy) is 1. The predicted octanol–water partition coefficient (Wildman–Crippen LogP) is 1.31. The van der Waals surface area contributed by atoms with Crippen molar-refractivity contribution in [1.29, 1.82) is 0 Å². The number of rotatable bonds is 6. The van der Waals surface area contributed by atoms with Gasteiger partial charge in [-0.15, -0.1) is 0 Å². The summed E-state index contributed by atoms with van der Waals surface area (Å²) in [6.45, 7) is 4.27. The number of carbonyl (C=O) groups excluding carboxylic acids is 2. The van der Waals surface area contributed by atoms with Crippen LogP contribution in [0.3, 0.4) is 0 Å². The van der Waals surface area contributed by atoms with Crippen molar-refractivity contribution < 1.29 is 27.3 Å². The van der Waals surface area contributed by atoms with Gasteiger partial charge in [0.2, 0.25) is 11.8 Å². The quantitative estimate of drug-likeness (QED) is 0.705. The van der Waals surface area contributed by atoms with E-state index in [2.05, 4.69) is 0 Å². The second kappa shape index (κ2) is 7.46. The van der Waals surface area contributed by atoms with E-state index in [9.17, 15) is 22.6 Å². The molecule has 2 unspecified atom stereocenters. The number of hydrogen-bond donors (Lipinski definition) is 1. The molecule has 2 aliphatic rings. The molecule has 2 heterocycles. The van der Waals surface area contributed by atoms with Crippen molar-refractivity contribution in [1.82, 2.24) is 9.80 Å². The summed E-state index contributed by atoms with van der Waals surface area (Å²) in [5.74, 6) is -0.748. The summed E-state index contributed by atoms with van der Waals surface area (Å²) in [6.07, 6.45) is 0.612. The number of methoxy groups -OCH3 is 1. The SMILES string of the molecule is COc1ccc(CN2CC3(CCC(=O)N3C(=O)C(C)C)C2CS(=O)(=O)O)cc1. The summed E-state index contributed by atoms with van der Waals surface area (Å²) in [6, 6.07) is 6.75. The first-order chi connectivity index (χ1) is 13.1. The molecule has 1 aromatic rings. The molecule has 2 saturated heterocycles. The van der Waals surface area contributed by atoms with Gasteiger partial charge in [0.1, 0.15) is 5.75 Å². The van der Waals surface area contributed by atoms with Crippen molar-refractivity contribution in [3.05, 3.63) is 29.8 Å². The Morgan fingerprint density at radius 3 is 2.50 bits per heavy atom. The lowest BCUT2D eigenvalue weighted by molar-refractivity contribution is -0.162. The topological polar surface area (TPSA) is 104 Å². The highest BCUT2D eigenvalue weighted by molar-refractivity contribution is 7.85. The van der Waals surface area contributed by atoms with Gasteiger partial charge in [-0.25, -0.2) is 0 Å². The second-order valence-electron chi connectivity index (χ2n) is 7.84. The Bertz CT molecular complexity index is 867. The first kappa shape index (κ1) is 20.8. The molecule has 0 radical (unpaired) electrons. The molecule has 8 nitrogen and oxygen atoms in total. The normalized spacial score (nSPS) is 25.4. The van der Waals surface area contributed by atoms with Crippen LogP contribution in [-0.2, 0) is 26.3 Å². The molecule has 0 aromatic heterocycles. The molecule has 9 heteroatoms. The van der Waals surface area contributed by atoms with Crippen molar-refractivity contribution in [3.8, 4) is 5.75 Å². The van der Waals surface area contributed by atoms with Gasteiger partial charge < -0.3 is 4.74 Å². The maximum atomic E-state index is 12.7. The molecule has 1 spiro atoms. The first-order valence-electron chi connectivity index (χ1n) is 9.26. The molecule has 0 saturated carbocycles. The smallest absolute Gasteiger partial charge is 0.266 e. The number of imide groups is 1. The monoisotopic (exact) mass is 410 g/mol. The molecule has 2 amide bonds. The van der Waals surface area contributed by atoms with Crippen LogP contribution in [0.15, 0.2) is 24.3 Å². The maximum absolute atomic E-state index is 12.7. The van der Waals surface area contributed by atoms with Gasteiger partial charge >= 0.3 is 0 Å².